The van der Waals surface area contributed by atoms with Gasteiger partial charge in [0.25, 0.3) is 0 Å². The Balaban J connectivity index is 2.22. The molecule has 5 nitrogen and oxygen atoms in total. The first kappa shape index (κ1) is 12.3. The Morgan fingerprint density at radius 1 is 1.53 bits per heavy atom. The molecular formula is C11H17N3O2S. The molecule has 0 unspecified atom stereocenters. The molecule has 0 atom stereocenters. The van der Waals surface area contributed by atoms with Crippen molar-refractivity contribution < 1.29 is 9.90 Å². The summed E-state index contributed by atoms with van der Waals surface area (Å²) in [7, 11) is 1.94. The molecule has 2 rings (SSSR count). The second-order valence-electron chi connectivity index (χ2n) is 4.64. The quantitative estimate of drug-likeness (QED) is 0.893. The molecule has 1 aromatic rings. The van der Waals surface area contributed by atoms with E-state index in [9.17, 15) is 4.79 Å². The smallest absolute Gasteiger partial charge is 0.305 e. The average molecular weight is 255 g/mol. The molecule has 1 aliphatic rings. The molecule has 94 valence electrons. The summed E-state index contributed by atoms with van der Waals surface area (Å²) in [6.07, 6.45) is 6.94. The van der Waals surface area contributed by atoms with Gasteiger partial charge in [0.1, 0.15) is 6.33 Å². The molecule has 1 saturated carbocycles. The van der Waals surface area contributed by atoms with Crippen LogP contribution in [0.3, 0.4) is 0 Å². The van der Waals surface area contributed by atoms with Crippen LogP contribution < -0.4 is 4.90 Å². The van der Waals surface area contributed by atoms with Crippen LogP contribution in [0.15, 0.2) is 6.33 Å². The van der Waals surface area contributed by atoms with Crippen LogP contribution in [0.25, 0.3) is 0 Å². The highest BCUT2D eigenvalue weighted by Gasteiger charge is 2.39. The molecule has 17 heavy (non-hydrogen) atoms. The van der Waals surface area contributed by atoms with Crippen LogP contribution in [0.2, 0.25) is 0 Å². The van der Waals surface area contributed by atoms with Gasteiger partial charge in [-0.05, 0) is 12.8 Å². The summed E-state index contributed by atoms with van der Waals surface area (Å²) in [4.78, 5) is 17.3. The van der Waals surface area contributed by atoms with Crippen molar-refractivity contribution in [1.82, 2.24) is 9.36 Å². The molecule has 0 saturated heterocycles. The van der Waals surface area contributed by atoms with Gasteiger partial charge in [0.15, 0.2) is 0 Å². The van der Waals surface area contributed by atoms with Crippen LogP contribution in [-0.2, 0) is 4.79 Å². The molecule has 0 aromatic carbocycles. The zero-order valence-corrected chi connectivity index (χ0v) is 10.7. The molecule has 0 amide bonds. The van der Waals surface area contributed by atoms with Gasteiger partial charge in [-0.25, -0.2) is 4.98 Å². The van der Waals surface area contributed by atoms with Gasteiger partial charge in [0, 0.05) is 18.6 Å². The van der Waals surface area contributed by atoms with E-state index in [-0.39, 0.29) is 12.0 Å². The Hall–Kier alpha value is -1.17. The Labute approximate surface area is 105 Å². The number of anilines is 1. The molecule has 1 heterocycles. The monoisotopic (exact) mass is 255 g/mol. The van der Waals surface area contributed by atoms with Gasteiger partial charge in [0.2, 0.25) is 5.13 Å². The fourth-order valence-corrected chi connectivity index (χ4v) is 3.24. The lowest BCUT2D eigenvalue weighted by atomic mass is 9.78. The van der Waals surface area contributed by atoms with E-state index in [0.29, 0.717) is 0 Å². The van der Waals surface area contributed by atoms with Gasteiger partial charge < -0.3 is 10.0 Å². The van der Waals surface area contributed by atoms with Crippen LogP contribution in [0.1, 0.15) is 38.5 Å². The summed E-state index contributed by atoms with van der Waals surface area (Å²) in [6, 6.07) is 0. The van der Waals surface area contributed by atoms with E-state index in [1.54, 1.807) is 0 Å². The second-order valence-corrected chi connectivity index (χ2v) is 5.40. The number of aliphatic carboxylic acids is 1. The lowest BCUT2D eigenvalue weighted by Gasteiger charge is -2.43. The number of carbonyl (C=O) groups is 1. The normalized spacial score (nSPS) is 18.9. The highest BCUT2D eigenvalue weighted by molar-refractivity contribution is 7.09. The van der Waals surface area contributed by atoms with Crippen molar-refractivity contribution >= 4 is 22.6 Å². The number of carboxylic acid groups (broad SMARTS) is 1. The standard InChI is InChI=1S/C11H17N3O2S/c1-14(10-12-8-13-17-10)11(7-9(15)16)5-3-2-4-6-11/h8H,2-7H2,1H3,(H,15,16). The minimum absolute atomic E-state index is 0.184. The van der Waals surface area contributed by atoms with Crippen LogP contribution in [0, 0.1) is 0 Å². The van der Waals surface area contributed by atoms with E-state index < -0.39 is 5.97 Å². The Morgan fingerprint density at radius 2 is 2.24 bits per heavy atom. The maximum Gasteiger partial charge on any atom is 0.305 e. The number of carboxylic acids is 1. The lowest BCUT2D eigenvalue weighted by molar-refractivity contribution is -0.138. The zero-order chi connectivity index (χ0) is 12.3. The molecular weight excluding hydrogens is 238 g/mol. The first-order valence-corrected chi connectivity index (χ1v) is 6.64. The summed E-state index contributed by atoms with van der Waals surface area (Å²) in [5, 5.41) is 9.93. The number of nitrogens with zero attached hydrogens (tertiary/aromatic N) is 3. The predicted octanol–water partition coefficient (Wildman–Crippen LogP) is 2.15. The summed E-state index contributed by atoms with van der Waals surface area (Å²) in [5.74, 6) is -0.733. The third kappa shape index (κ3) is 2.57. The van der Waals surface area contributed by atoms with Gasteiger partial charge in [-0.3, -0.25) is 4.79 Å². The van der Waals surface area contributed by atoms with Crippen LogP contribution in [-0.4, -0.2) is 33.0 Å². The van der Waals surface area contributed by atoms with Crippen molar-refractivity contribution in [3.8, 4) is 0 Å². The molecule has 0 aliphatic heterocycles. The highest BCUT2D eigenvalue weighted by atomic mass is 32.1. The molecule has 0 bridgehead atoms. The molecule has 1 aromatic heterocycles. The average Bonchev–Trinajstić information content (AvgIpc) is 2.81. The van der Waals surface area contributed by atoms with Crippen LogP contribution >= 0.6 is 11.5 Å². The van der Waals surface area contributed by atoms with E-state index >= 15 is 0 Å². The van der Waals surface area contributed by atoms with Gasteiger partial charge in [0.05, 0.1) is 12.0 Å². The third-order valence-corrected chi connectivity index (χ3v) is 4.35. The van der Waals surface area contributed by atoms with E-state index in [1.165, 1.54) is 24.3 Å². The first-order valence-electron chi connectivity index (χ1n) is 5.86. The molecule has 1 aliphatic carbocycles. The number of hydrogen-bond donors (Lipinski definition) is 1. The van der Waals surface area contributed by atoms with Crippen molar-refractivity contribution in [3.63, 3.8) is 0 Å². The highest BCUT2D eigenvalue weighted by Crippen LogP contribution is 2.38. The van der Waals surface area contributed by atoms with Gasteiger partial charge in [-0.2, -0.15) is 4.37 Å². The topological polar surface area (TPSA) is 66.3 Å². The molecule has 0 radical (unpaired) electrons. The largest absolute Gasteiger partial charge is 0.481 e. The number of aromatic nitrogens is 2. The van der Waals surface area contributed by atoms with Crippen molar-refractivity contribution in [1.29, 1.82) is 0 Å². The van der Waals surface area contributed by atoms with Crippen LogP contribution in [0.5, 0.6) is 0 Å². The summed E-state index contributed by atoms with van der Waals surface area (Å²) < 4.78 is 3.99. The molecule has 6 heteroatoms. The second kappa shape index (κ2) is 5.00. The maximum atomic E-state index is 11.1. The van der Waals surface area contributed by atoms with Gasteiger partial charge >= 0.3 is 5.97 Å². The van der Waals surface area contributed by atoms with Crippen molar-refractivity contribution in [2.45, 2.75) is 44.1 Å². The Morgan fingerprint density at radius 3 is 2.76 bits per heavy atom. The minimum atomic E-state index is -0.733. The predicted molar refractivity (Wildman–Crippen MR) is 66.4 cm³/mol. The summed E-state index contributed by atoms with van der Waals surface area (Å²) >= 11 is 1.32. The maximum absolute atomic E-state index is 11.1. The molecule has 0 spiro atoms. The van der Waals surface area contributed by atoms with Gasteiger partial charge in [-0.1, -0.05) is 19.3 Å². The fraction of sp³-hybridized carbons (Fsp3) is 0.727. The zero-order valence-electron chi connectivity index (χ0n) is 9.93. The first-order chi connectivity index (χ1) is 8.14. The minimum Gasteiger partial charge on any atom is -0.481 e. The lowest BCUT2D eigenvalue weighted by Crippen LogP contribution is -2.49. The van der Waals surface area contributed by atoms with E-state index in [0.717, 1.165) is 30.8 Å². The summed E-state index contributed by atoms with van der Waals surface area (Å²) in [5.41, 5.74) is -0.274. The van der Waals surface area contributed by atoms with Gasteiger partial charge in [-0.15, -0.1) is 0 Å². The fourth-order valence-electron chi connectivity index (χ4n) is 2.64. The molecule has 1 fully saturated rings. The van der Waals surface area contributed by atoms with Crippen molar-refractivity contribution in [3.05, 3.63) is 6.33 Å². The Kier molecular flexibility index (Phi) is 3.61. The van der Waals surface area contributed by atoms with E-state index in [4.69, 9.17) is 5.11 Å². The van der Waals surface area contributed by atoms with Crippen molar-refractivity contribution in [2.75, 3.05) is 11.9 Å². The number of rotatable bonds is 4. The van der Waals surface area contributed by atoms with E-state index in [1.807, 2.05) is 11.9 Å². The Bertz CT molecular complexity index is 374. The van der Waals surface area contributed by atoms with Crippen LogP contribution in [0.4, 0.5) is 5.13 Å². The SMILES string of the molecule is CN(c1ncns1)C1(CC(=O)O)CCCCC1. The number of hydrogen-bond acceptors (Lipinski definition) is 5. The molecule has 1 N–H and O–H groups in total. The third-order valence-electron chi connectivity index (χ3n) is 3.61. The van der Waals surface area contributed by atoms with E-state index in [2.05, 4.69) is 9.36 Å². The summed E-state index contributed by atoms with van der Waals surface area (Å²) in [6.45, 7) is 0. The van der Waals surface area contributed by atoms with Crippen molar-refractivity contribution in [2.24, 2.45) is 0 Å².